The van der Waals surface area contributed by atoms with Gasteiger partial charge in [0.1, 0.15) is 6.29 Å². The van der Waals surface area contributed by atoms with Crippen molar-refractivity contribution in [3.05, 3.63) is 64.7 Å². The smallest absolute Gasteiger partial charge is 0.150 e. The van der Waals surface area contributed by atoms with E-state index in [4.69, 9.17) is 0 Å². The summed E-state index contributed by atoms with van der Waals surface area (Å²) < 4.78 is 0. The van der Waals surface area contributed by atoms with Crippen LogP contribution in [0.5, 0.6) is 0 Å². The molecule has 0 heterocycles. The highest BCUT2D eigenvalue weighted by Gasteiger charge is 2.26. The highest BCUT2D eigenvalue weighted by Crippen LogP contribution is 2.41. The van der Waals surface area contributed by atoms with Crippen LogP contribution < -0.4 is 0 Å². The number of benzene rings is 2. The van der Waals surface area contributed by atoms with Crippen molar-refractivity contribution < 1.29 is 4.79 Å². The largest absolute Gasteiger partial charge is 0.298 e. The number of fused-ring (bicyclic) bond motifs is 1. The quantitative estimate of drug-likeness (QED) is 0.618. The molecule has 0 unspecified atom stereocenters. The Morgan fingerprint density at radius 3 is 2.26 bits per heavy atom. The first-order valence-corrected chi connectivity index (χ1v) is 8.37. The van der Waals surface area contributed by atoms with Gasteiger partial charge >= 0.3 is 0 Å². The minimum absolute atomic E-state index is 0.272. The predicted molar refractivity (Wildman–Crippen MR) is 98.7 cm³/mol. The van der Waals surface area contributed by atoms with Crippen molar-refractivity contribution in [2.45, 2.75) is 40.0 Å². The van der Waals surface area contributed by atoms with Crippen molar-refractivity contribution in [3.63, 3.8) is 0 Å². The molecule has 3 rings (SSSR count). The molecule has 2 aromatic rings. The van der Waals surface area contributed by atoms with Crippen molar-refractivity contribution >= 4 is 23.1 Å². The van der Waals surface area contributed by atoms with E-state index in [1.807, 2.05) is 18.2 Å². The number of carbonyl (C=O) groups excluding carboxylic acids is 1. The third-order valence-corrected chi connectivity index (χ3v) is 5.01. The molecule has 0 radical (unpaired) electrons. The molecule has 0 saturated heterocycles. The third-order valence-electron chi connectivity index (χ3n) is 5.01. The SMILES string of the molecule is CC1=C(C=Cc2ccc3cc(C=O)ccc3c2)C(C)(C)CCC1. The zero-order valence-corrected chi connectivity index (χ0v) is 14.2. The van der Waals surface area contributed by atoms with E-state index < -0.39 is 0 Å². The molecule has 0 bridgehead atoms. The lowest BCUT2D eigenvalue weighted by Gasteiger charge is -2.32. The first-order valence-electron chi connectivity index (χ1n) is 8.37. The molecule has 0 amide bonds. The van der Waals surface area contributed by atoms with Gasteiger partial charge in [-0.3, -0.25) is 4.79 Å². The highest BCUT2D eigenvalue weighted by molar-refractivity contribution is 5.90. The lowest BCUT2D eigenvalue weighted by atomic mass is 9.72. The molecule has 0 saturated carbocycles. The first kappa shape index (κ1) is 15.7. The zero-order valence-electron chi connectivity index (χ0n) is 14.2. The van der Waals surface area contributed by atoms with Crippen LogP contribution >= 0.6 is 0 Å². The molecule has 1 aliphatic rings. The number of rotatable bonds is 3. The molecular formula is C22H24O. The van der Waals surface area contributed by atoms with E-state index in [1.165, 1.54) is 41.4 Å². The van der Waals surface area contributed by atoms with E-state index in [0.29, 0.717) is 0 Å². The molecule has 0 fully saturated rings. The van der Waals surface area contributed by atoms with E-state index >= 15 is 0 Å². The Morgan fingerprint density at radius 2 is 1.61 bits per heavy atom. The summed E-state index contributed by atoms with van der Waals surface area (Å²) in [5.74, 6) is 0. The second-order valence-electron chi connectivity index (χ2n) is 7.25. The normalized spacial score (nSPS) is 17.9. The fourth-order valence-electron chi connectivity index (χ4n) is 3.65. The summed E-state index contributed by atoms with van der Waals surface area (Å²) in [5, 5.41) is 2.28. The van der Waals surface area contributed by atoms with Crippen LogP contribution in [0.3, 0.4) is 0 Å². The monoisotopic (exact) mass is 304 g/mol. The van der Waals surface area contributed by atoms with Gasteiger partial charge in [0.2, 0.25) is 0 Å². The molecular weight excluding hydrogens is 280 g/mol. The van der Waals surface area contributed by atoms with Gasteiger partial charge < -0.3 is 0 Å². The number of hydrogen-bond donors (Lipinski definition) is 0. The Bertz CT molecular complexity index is 806. The lowest BCUT2D eigenvalue weighted by Crippen LogP contribution is -2.18. The van der Waals surface area contributed by atoms with Gasteiger partial charge in [0.05, 0.1) is 0 Å². The summed E-state index contributed by atoms with van der Waals surface area (Å²) in [6, 6.07) is 12.2. The topological polar surface area (TPSA) is 17.1 Å². The first-order chi connectivity index (χ1) is 11.0. The number of aldehydes is 1. The predicted octanol–water partition coefficient (Wildman–Crippen LogP) is 6.19. The highest BCUT2D eigenvalue weighted by atomic mass is 16.1. The van der Waals surface area contributed by atoms with Gasteiger partial charge in [-0.05, 0) is 65.6 Å². The maximum Gasteiger partial charge on any atom is 0.150 e. The standard InChI is InChI=1S/C22H24O/c1-16-5-4-12-22(2,3)21(16)11-8-17-6-9-20-14-18(15-23)7-10-19(20)13-17/h6-11,13-15H,4-5,12H2,1-3H3. The minimum Gasteiger partial charge on any atom is -0.298 e. The Kier molecular flexibility index (Phi) is 4.21. The van der Waals surface area contributed by atoms with Crippen LogP contribution in [0.4, 0.5) is 0 Å². The third kappa shape index (κ3) is 3.29. The number of allylic oxidation sites excluding steroid dienone is 3. The Morgan fingerprint density at radius 1 is 0.957 bits per heavy atom. The average molecular weight is 304 g/mol. The Labute approximate surface area is 138 Å². The van der Waals surface area contributed by atoms with Crippen LogP contribution in [0, 0.1) is 5.41 Å². The molecule has 1 heteroatoms. The van der Waals surface area contributed by atoms with E-state index in [1.54, 1.807) is 0 Å². The summed E-state index contributed by atoms with van der Waals surface area (Å²) in [6.07, 6.45) is 9.19. The molecule has 0 N–H and O–H groups in total. The van der Waals surface area contributed by atoms with Gasteiger partial charge in [0.15, 0.2) is 0 Å². The van der Waals surface area contributed by atoms with Gasteiger partial charge in [0.25, 0.3) is 0 Å². The van der Waals surface area contributed by atoms with E-state index in [-0.39, 0.29) is 5.41 Å². The van der Waals surface area contributed by atoms with Crippen LogP contribution in [-0.2, 0) is 0 Å². The van der Waals surface area contributed by atoms with Gasteiger partial charge in [-0.2, -0.15) is 0 Å². The Balaban J connectivity index is 1.93. The van der Waals surface area contributed by atoms with Crippen molar-refractivity contribution in [3.8, 4) is 0 Å². The van der Waals surface area contributed by atoms with E-state index in [2.05, 4.69) is 51.1 Å². The summed E-state index contributed by atoms with van der Waals surface area (Å²) in [7, 11) is 0. The maximum atomic E-state index is 10.9. The summed E-state index contributed by atoms with van der Waals surface area (Å²) in [5.41, 5.74) is 5.21. The van der Waals surface area contributed by atoms with Gasteiger partial charge in [-0.1, -0.05) is 55.8 Å². The van der Waals surface area contributed by atoms with Crippen LogP contribution in [0.1, 0.15) is 56.0 Å². The van der Waals surface area contributed by atoms with Gasteiger partial charge in [-0.15, -0.1) is 0 Å². The average Bonchev–Trinajstić information content (AvgIpc) is 2.53. The van der Waals surface area contributed by atoms with Gasteiger partial charge in [0, 0.05) is 5.56 Å². The molecule has 1 aliphatic carbocycles. The van der Waals surface area contributed by atoms with Crippen molar-refractivity contribution in [2.75, 3.05) is 0 Å². The molecule has 0 spiro atoms. The summed E-state index contributed by atoms with van der Waals surface area (Å²) in [4.78, 5) is 10.9. The second-order valence-corrected chi connectivity index (χ2v) is 7.25. The molecule has 118 valence electrons. The van der Waals surface area contributed by atoms with E-state index in [9.17, 15) is 4.79 Å². The maximum absolute atomic E-state index is 10.9. The number of hydrogen-bond acceptors (Lipinski definition) is 1. The van der Waals surface area contributed by atoms with Crippen molar-refractivity contribution in [2.24, 2.45) is 5.41 Å². The summed E-state index contributed by atoms with van der Waals surface area (Å²) >= 11 is 0. The van der Waals surface area contributed by atoms with Gasteiger partial charge in [-0.25, -0.2) is 0 Å². The lowest BCUT2D eigenvalue weighted by molar-refractivity contribution is 0.112. The van der Waals surface area contributed by atoms with E-state index in [0.717, 1.165) is 17.2 Å². The molecule has 0 atom stereocenters. The molecule has 2 aromatic carbocycles. The van der Waals surface area contributed by atoms with Crippen LogP contribution in [-0.4, -0.2) is 6.29 Å². The molecule has 0 aromatic heterocycles. The second kappa shape index (κ2) is 6.16. The van der Waals surface area contributed by atoms with Crippen molar-refractivity contribution in [1.82, 2.24) is 0 Å². The molecule has 0 aliphatic heterocycles. The van der Waals surface area contributed by atoms with Crippen LogP contribution in [0.25, 0.3) is 16.8 Å². The fourth-order valence-corrected chi connectivity index (χ4v) is 3.65. The van der Waals surface area contributed by atoms with Crippen LogP contribution in [0.15, 0.2) is 53.6 Å². The zero-order chi connectivity index (χ0) is 16.4. The fraction of sp³-hybridized carbons (Fsp3) is 0.318. The molecule has 23 heavy (non-hydrogen) atoms. The summed E-state index contributed by atoms with van der Waals surface area (Å²) in [6.45, 7) is 6.95. The Hall–Kier alpha value is -2.15. The van der Waals surface area contributed by atoms with Crippen LogP contribution in [0.2, 0.25) is 0 Å². The minimum atomic E-state index is 0.272. The van der Waals surface area contributed by atoms with Crippen molar-refractivity contribution in [1.29, 1.82) is 0 Å². The number of carbonyl (C=O) groups is 1. The molecule has 1 nitrogen and oxygen atoms in total.